The van der Waals surface area contributed by atoms with Gasteiger partial charge < -0.3 is 4.42 Å². The quantitative estimate of drug-likeness (QED) is 0.288. The zero-order chi connectivity index (χ0) is 21.8. The van der Waals surface area contributed by atoms with Crippen molar-refractivity contribution < 1.29 is 8.98 Å². The van der Waals surface area contributed by atoms with E-state index in [-0.39, 0.29) is 0 Å². The monoisotopic (exact) mass is 415 g/mol. The van der Waals surface area contributed by atoms with E-state index < -0.39 is 0 Å². The van der Waals surface area contributed by atoms with Crippen molar-refractivity contribution in [3.05, 3.63) is 96.3 Å². The van der Waals surface area contributed by atoms with Gasteiger partial charge in [0, 0.05) is 28.6 Å². The molecule has 6 rings (SSSR count). The molecule has 0 spiro atoms. The maximum absolute atomic E-state index is 6.48. The lowest BCUT2D eigenvalue weighted by atomic mass is 9.92. The number of furan rings is 1. The van der Waals surface area contributed by atoms with E-state index in [1.54, 1.807) is 0 Å². The zero-order valence-corrected chi connectivity index (χ0v) is 18.4. The fourth-order valence-electron chi connectivity index (χ4n) is 4.78. The highest BCUT2D eigenvalue weighted by molar-refractivity contribution is 6.23. The number of nitrogens with zero attached hydrogens (tertiary/aromatic N) is 2. The summed E-state index contributed by atoms with van der Waals surface area (Å²) in [5.41, 5.74) is 8.38. The highest BCUT2D eigenvalue weighted by Gasteiger charge is 2.24. The minimum atomic E-state index is 0.693. The molecule has 0 aliphatic heterocycles. The largest absolute Gasteiger partial charge is 0.437 e. The fourth-order valence-corrected chi connectivity index (χ4v) is 4.78. The van der Waals surface area contributed by atoms with Gasteiger partial charge in [-0.15, -0.1) is 0 Å². The molecule has 0 atom stereocenters. The van der Waals surface area contributed by atoms with Gasteiger partial charge in [0.05, 0.1) is 5.56 Å². The van der Waals surface area contributed by atoms with Crippen molar-refractivity contribution >= 4 is 32.8 Å². The van der Waals surface area contributed by atoms with Crippen molar-refractivity contribution in [1.29, 1.82) is 0 Å². The summed E-state index contributed by atoms with van der Waals surface area (Å²) < 4.78 is 8.66. The molecular formula is C29H23N2O+. The lowest BCUT2D eigenvalue weighted by Gasteiger charge is -2.11. The number of hydrogen-bond acceptors (Lipinski definition) is 2. The Kier molecular flexibility index (Phi) is 4.12. The molecule has 0 amide bonds. The molecule has 0 aliphatic rings. The number of pyridine rings is 2. The minimum absolute atomic E-state index is 0.693. The fraction of sp³-hybridized carbons (Fsp3) is 0.103. The maximum Gasteiger partial charge on any atom is 0.227 e. The molecule has 0 unspecified atom stereocenters. The van der Waals surface area contributed by atoms with E-state index >= 15 is 0 Å². The number of hydrogen-bond donors (Lipinski definition) is 0. The molecule has 0 bridgehead atoms. The van der Waals surface area contributed by atoms with Gasteiger partial charge in [-0.05, 0) is 53.4 Å². The second-order valence-electron chi connectivity index (χ2n) is 8.43. The van der Waals surface area contributed by atoms with Gasteiger partial charge in [0.2, 0.25) is 11.4 Å². The van der Waals surface area contributed by atoms with E-state index in [4.69, 9.17) is 9.40 Å². The molecule has 154 valence electrons. The van der Waals surface area contributed by atoms with Gasteiger partial charge in [-0.3, -0.25) is 0 Å². The smallest absolute Gasteiger partial charge is 0.227 e. The van der Waals surface area contributed by atoms with Gasteiger partial charge in [0.25, 0.3) is 0 Å². The molecule has 3 nitrogen and oxygen atoms in total. The van der Waals surface area contributed by atoms with Crippen molar-refractivity contribution in [2.45, 2.75) is 13.8 Å². The molecule has 0 saturated carbocycles. The highest BCUT2D eigenvalue weighted by atomic mass is 16.3. The third kappa shape index (κ3) is 2.75. The highest BCUT2D eigenvalue weighted by Crippen LogP contribution is 2.42. The van der Waals surface area contributed by atoms with Gasteiger partial charge in [0.1, 0.15) is 7.05 Å². The third-order valence-corrected chi connectivity index (χ3v) is 6.41. The van der Waals surface area contributed by atoms with E-state index in [1.165, 1.54) is 27.5 Å². The Morgan fingerprint density at radius 1 is 0.750 bits per heavy atom. The summed E-state index contributed by atoms with van der Waals surface area (Å²) in [6, 6.07) is 27.7. The van der Waals surface area contributed by atoms with Crippen molar-refractivity contribution in [3.63, 3.8) is 0 Å². The van der Waals surface area contributed by atoms with Crippen LogP contribution in [0.15, 0.2) is 89.5 Å². The molecule has 3 heteroatoms. The van der Waals surface area contributed by atoms with E-state index in [9.17, 15) is 0 Å². The Bertz CT molecular complexity index is 1650. The lowest BCUT2D eigenvalue weighted by Crippen LogP contribution is -2.30. The van der Waals surface area contributed by atoms with Crippen LogP contribution in [0.2, 0.25) is 0 Å². The zero-order valence-electron chi connectivity index (χ0n) is 18.4. The Morgan fingerprint density at radius 2 is 1.50 bits per heavy atom. The summed E-state index contributed by atoms with van der Waals surface area (Å²) in [7, 11) is 2.09. The Labute approximate surface area is 186 Å². The summed E-state index contributed by atoms with van der Waals surface area (Å²) in [6.07, 6.45) is 2.13. The van der Waals surface area contributed by atoms with Crippen LogP contribution in [0.5, 0.6) is 0 Å². The van der Waals surface area contributed by atoms with E-state index in [2.05, 4.69) is 97.5 Å². The van der Waals surface area contributed by atoms with E-state index in [1.807, 2.05) is 13.0 Å². The second kappa shape index (κ2) is 7.03. The molecule has 3 aromatic carbocycles. The molecule has 0 radical (unpaired) electrons. The van der Waals surface area contributed by atoms with Gasteiger partial charge in [0.15, 0.2) is 11.8 Å². The first kappa shape index (κ1) is 18.8. The standard InChI is InChI=1S/C29H23N2O/c1-18-13-14-24-27-23-12-8-7-11-22(23)19(2)26(28(27)32-29(24)30-18)25-17-21(15-16-31(25)3)20-9-5-4-6-10-20/h4-17H,1-3H3/q+1. The van der Waals surface area contributed by atoms with Crippen molar-refractivity contribution in [2.24, 2.45) is 7.05 Å². The number of rotatable bonds is 2. The molecule has 6 aromatic rings. The van der Waals surface area contributed by atoms with Crippen molar-refractivity contribution in [1.82, 2.24) is 4.98 Å². The molecule has 0 aliphatic carbocycles. The van der Waals surface area contributed by atoms with Crippen LogP contribution in [0, 0.1) is 13.8 Å². The molecule has 3 heterocycles. The Morgan fingerprint density at radius 3 is 2.31 bits per heavy atom. The first-order valence-corrected chi connectivity index (χ1v) is 10.9. The predicted molar refractivity (Wildman–Crippen MR) is 131 cm³/mol. The maximum atomic E-state index is 6.48. The van der Waals surface area contributed by atoms with Gasteiger partial charge >= 0.3 is 0 Å². The number of benzene rings is 3. The molecule has 0 N–H and O–H groups in total. The SMILES string of the molecule is Cc1ccc2c(n1)oc1c(-c3cc(-c4ccccc4)cc[n+]3C)c(C)c3ccccc3c12. The summed E-state index contributed by atoms with van der Waals surface area (Å²) in [5.74, 6) is 0. The van der Waals surface area contributed by atoms with Crippen LogP contribution in [0.25, 0.3) is 55.2 Å². The first-order chi connectivity index (χ1) is 15.6. The number of aromatic nitrogens is 2. The Hall–Kier alpha value is -3.98. The first-order valence-electron chi connectivity index (χ1n) is 10.9. The average Bonchev–Trinajstić information content (AvgIpc) is 3.19. The summed E-state index contributed by atoms with van der Waals surface area (Å²) in [6.45, 7) is 4.19. The van der Waals surface area contributed by atoms with Crippen molar-refractivity contribution in [2.75, 3.05) is 0 Å². The van der Waals surface area contributed by atoms with Crippen LogP contribution in [0.4, 0.5) is 0 Å². The molecule has 0 saturated heterocycles. The number of fused-ring (bicyclic) bond motifs is 5. The van der Waals surface area contributed by atoms with Crippen molar-refractivity contribution in [3.8, 4) is 22.4 Å². The summed E-state index contributed by atoms with van der Waals surface area (Å²) >= 11 is 0. The van der Waals surface area contributed by atoms with Gasteiger partial charge in [-0.2, -0.15) is 0 Å². The van der Waals surface area contributed by atoms with Crippen LogP contribution in [0.1, 0.15) is 11.3 Å². The molecular weight excluding hydrogens is 392 g/mol. The third-order valence-electron chi connectivity index (χ3n) is 6.41. The van der Waals surface area contributed by atoms with Crippen LogP contribution in [0.3, 0.4) is 0 Å². The van der Waals surface area contributed by atoms with Crippen LogP contribution >= 0.6 is 0 Å². The van der Waals surface area contributed by atoms with Crippen LogP contribution in [-0.4, -0.2) is 4.98 Å². The van der Waals surface area contributed by atoms with Gasteiger partial charge in [-0.1, -0.05) is 54.6 Å². The molecule has 3 aromatic heterocycles. The van der Waals surface area contributed by atoms with E-state index in [0.717, 1.165) is 33.3 Å². The second-order valence-corrected chi connectivity index (χ2v) is 8.43. The topological polar surface area (TPSA) is 29.9 Å². The lowest BCUT2D eigenvalue weighted by molar-refractivity contribution is -0.660. The minimum Gasteiger partial charge on any atom is -0.437 e. The molecule has 32 heavy (non-hydrogen) atoms. The summed E-state index contributed by atoms with van der Waals surface area (Å²) in [5, 5.41) is 4.64. The summed E-state index contributed by atoms with van der Waals surface area (Å²) in [4.78, 5) is 4.70. The Balaban J connectivity index is 1.77. The van der Waals surface area contributed by atoms with Crippen LogP contribution < -0.4 is 4.57 Å². The average molecular weight is 416 g/mol. The van der Waals surface area contributed by atoms with Gasteiger partial charge in [-0.25, -0.2) is 9.55 Å². The predicted octanol–water partition coefficient (Wildman–Crippen LogP) is 6.91. The normalized spacial score (nSPS) is 11.6. The number of aryl methyl sites for hydroxylation is 3. The van der Waals surface area contributed by atoms with Crippen LogP contribution in [-0.2, 0) is 7.05 Å². The van der Waals surface area contributed by atoms with E-state index in [0.29, 0.717) is 5.71 Å². The molecule has 0 fully saturated rings.